The third-order valence-electron chi connectivity index (χ3n) is 11.7. The average molecular weight is 796 g/mol. The fraction of sp³-hybridized carbons (Fsp3) is 0.429. The Morgan fingerprint density at radius 2 is 1.60 bits per heavy atom. The van der Waals surface area contributed by atoms with Crippen molar-refractivity contribution in [1.29, 1.82) is 0 Å². The smallest absolute Gasteiger partial charge is 0.410 e. The number of nitrogens with zero attached hydrogens (tertiary/aromatic N) is 6. The van der Waals surface area contributed by atoms with Gasteiger partial charge in [0, 0.05) is 87.0 Å². The van der Waals surface area contributed by atoms with Gasteiger partial charge in [-0.2, -0.15) is 0 Å². The van der Waals surface area contributed by atoms with Gasteiger partial charge >= 0.3 is 6.09 Å². The van der Waals surface area contributed by atoms with E-state index in [-0.39, 0.29) is 47.6 Å². The highest BCUT2D eigenvalue weighted by Crippen LogP contribution is 2.30. The molecule has 4 fully saturated rings. The lowest BCUT2D eigenvalue weighted by atomic mass is 9.93. The summed E-state index contributed by atoms with van der Waals surface area (Å²) in [5.74, 6) is -1.30. The van der Waals surface area contributed by atoms with Crippen LogP contribution in [0.3, 0.4) is 0 Å². The summed E-state index contributed by atoms with van der Waals surface area (Å²) in [5.41, 5.74) is 2.11. The number of halogens is 2. The van der Waals surface area contributed by atoms with E-state index in [4.69, 9.17) is 4.74 Å². The lowest BCUT2D eigenvalue weighted by molar-refractivity contribution is -0.133. The van der Waals surface area contributed by atoms with Gasteiger partial charge < -0.3 is 25.2 Å². The summed E-state index contributed by atoms with van der Waals surface area (Å²) >= 11 is 0. The van der Waals surface area contributed by atoms with E-state index in [1.165, 1.54) is 16.7 Å². The summed E-state index contributed by atoms with van der Waals surface area (Å²) in [6, 6.07) is 16.6. The highest BCUT2D eigenvalue weighted by Gasteiger charge is 2.32. The topological polar surface area (TPSA) is 154 Å². The molecule has 4 aromatic rings. The van der Waals surface area contributed by atoms with Gasteiger partial charge in [0.1, 0.15) is 23.7 Å². The molecule has 0 bridgehead atoms. The molecule has 3 amide bonds. The standard InChI is InChI=1S/C42H47F2N9O5/c43-33-25-29(46-35-12-14-37(54)48-40(35)56)9-13-36(33)51-18-15-30(16-19-51)50-20-22-52(23-21-50)42(57)58-32-10-7-28(8-11-32)47-41-45-26-34(44)39(49-41)27-4-3-5-31(24-27)53-17-2-1-6-38(53)55/h1-6,9,13,17,24-26,28,30,32,35,46H,7-8,10-12,14-16,18-23H2,(H,45,47,49)(H,48,54,56). The van der Waals surface area contributed by atoms with Gasteiger partial charge in [0.05, 0.1) is 11.9 Å². The number of hydrogen-bond donors (Lipinski definition) is 3. The molecule has 304 valence electrons. The second-order valence-corrected chi connectivity index (χ2v) is 15.4. The molecule has 3 aliphatic heterocycles. The maximum Gasteiger partial charge on any atom is 0.410 e. The number of hydrogen-bond acceptors (Lipinski definition) is 11. The van der Waals surface area contributed by atoms with Crippen molar-refractivity contribution in [3.8, 4) is 16.9 Å². The maximum atomic E-state index is 15.2. The van der Waals surface area contributed by atoms with Crippen LogP contribution in [0.25, 0.3) is 16.9 Å². The maximum absolute atomic E-state index is 15.2. The number of pyridine rings is 1. The second kappa shape index (κ2) is 17.3. The Hall–Kier alpha value is -5.90. The highest BCUT2D eigenvalue weighted by atomic mass is 19.1. The molecule has 0 spiro atoms. The van der Waals surface area contributed by atoms with Crippen LogP contribution in [0.15, 0.2) is 77.9 Å². The number of piperazine rings is 1. The first-order valence-electron chi connectivity index (χ1n) is 20.1. The summed E-state index contributed by atoms with van der Waals surface area (Å²) in [5, 5.41) is 8.69. The fourth-order valence-corrected chi connectivity index (χ4v) is 8.43. The summed E-state index contributed by atoms with van der Waals surface area (Å²) in [7, 11) is 0. The second-order valence-electron chi connectivity index (χ2n) is 15.4. The van der Waals surface area contributed by atoms with Gasteiger partial charge in [-0.25, -0.2) is 23.5 Å². The van der Waals surface area contributed by atoms with E-state index >= 15 is 4.39 Å². The Morgan fingerprint density at radius 3 is 2.34 bits per heavy atom. The van der Waals surface area contributed by atoms with Gasteiger partial charge in [-0.15, -0.1) is 0 Å². The third kappa shape index (κ3) is 8.96. The van der Waals surface area contributed by atoms with Crippen molar-refractivity contribution in [3.05, 3.63) is 95.0 Å². The molecule has 1 aliphatic carbocycles. The minimum atomic E-state index is -0.571. The lowest BCUT2D eigenvalue weighted by Crippen LogP contribution is -2.54. The van der Waals surface area contributed by atoms with Crippen molar-refractivity contribution in [2.75, 3.05) is 54.8 Å². The zero-order chi connectivity index (χ0) is 40.2. The Kier molecular flexibility index (Phi) is 11.6. The van der Waals surface area contributed by atoms with Crippen LogP contribution >= 0.6 is 0 Å². The van der Waals surface area contributed by atoms with Crippen LogP contribution in [0, 0.1) is 11.6 Å². The molecule has 1 atom stereocenters. The Bertz CT molecular complexity index is 2200. The zero-order valence-corrected chi connectivity index (χ0v) is 32.1. The molecular weight excluding hydrogens is 749 g/mol. The van der Waals surface area contributed by atoms with Crippen molar-refractivity contribution in [2.24, 2.45) is 0 Å². The summed E-state index contributed by atoms with van der Waals surface area (Å²) in [6.07, 6.45) is 7.55. The molecule has 4 aliphatic rings. The molecule has 2 aromatic carbocycles. The number of imide groups is 1. The summed E-state index contributed by atoms with van der Waals surface area (Å²) in [4.78, 5) is 64.0. The quantitative estimate of drug-likeness (QED) is 0.198. The number of amides is 3. The summed E-state index contributed by atoms with van der Waals surface area (Å²) in [6.45, 7) is 4.09. The van der Waals surface area contributed by atoms with Crippen molar-refractivity contribution in [3.63, 3.8) is 0 Å². The molecule has 8 rings (SSSR count). The van der Waals surface area contributed by atoms with Crippen LogP contribution in [0.1, 0.15) is 51.4 Å². The molecule has 58 heavy (non-hydrogen) atoms. The van der Waals surface area contributed by atoms with Gasteiger partial charge in [-0.05, 0) is 81.3 Å². The van der Waals surface area contributed by atoms with Crippen molar-refractivity contribution < 1.29 is 27.9 Å². The van der Waals surface area contributed by atoms with Crippen LogP contribution < -0.4 is 26.4 Å². The Morgan fingerprint density at radius 1 is 0.810 bits per heavy atom. The normalized spacial score (nSPS) is 22.0. The first-order chi connectivity index (χ1) is 28.2. The van der Waals surface area contributed by atoms with Crippen LogP contribution in [-0.2, 0) is 14.3 Å². The Labute approximate surface area is 334 Å². The molecule has 3 N–H and O–H groups in total. The molecule has 1 unspecified atom stereocenters. The van der Waals surface area contributed by atoms with Crippen molar-refractivity contribution >= 4 is 35.2 Å². The highest BCUT2D eigenvalue weighted by molar-refractivity contribution is 6.01. The van der Waals surface area contributed by atoms with E-state index in [1.54, 1.807) is 59.6 Å². The van der Waals surface area contributed by atoms with E-state index in [1.807, 2.05) is 0 Å². The predicted octanol–water partition coefficient (Wildman–Crippen LogP) is 4.94. The fourth-order valence-electron chi connectivity index (χ4n) is 8.43. The van der Waals surface area contributed by atoms with E-state index in [2.05, 4.69) is 35.7 Å². The van der Waals surface area contributed by atoms with E-state index in [9.17, 15) is 23.6 Å². The molecule has 3 saturated heterocycles. The van der Waals surface area contributed by atoms with Gasteiger partial charge in [-0.1, -0.05) is 18.2 Å². The number of anilines is 3. The number of carbonyl (C=O) groups excluding carboxylic acids is 3. The monoisotopic (exact) mass is 795 g/mol. The third-order valence-corrected chi connectivity index (χ3v) is 11.7. The largest absolute Gasteiger partial charge is 0.446 e. The average Bonchev–Trinajstić information content (AvgIpc) is 3.24. The van der Waals surface area contributed by atoms with E-state index in [0.717, 1.165) is 45.0 Å². The molecule has 2 aromatic heterocycles. The molecular formula is C42H47F2N9O5. The van der Waals surface area contributed by atoms with Crippen LogP contribution in [0.5, 0.6) is 0 Å². The zero-order valence-electron chi connectivity index (χ0n) is 32.1. The number of benzene rings is 2. The first-order valence-corrected chi connectivity index (χ1v) is 20.1. The molecule has 16 heteroatoms. The van der Waals surface area contributed by atoms with E-state index < -0.39 is 17.8 Å². The van der Waals surface area contributed by atoms with Gasteiger partial charge in [0.25, 0.3) is 5.56 Å². The van der Waals surface area contributed by atoms with Gasteiger partial charge in [-0.3, -0.25) is 29.2 Å². The minimum absolute atomic E-state index is 0.0373. The van der Waals surface area contributed by atoms with Crippen molar-refractivity contribution in [2.45, 2.75) is 75.6 Å². The summed E-state index contributed by atoms with van der Waals surface area (Å²) < 4.78 is 37.6. The molecule has 1 saturated carbocycles. The predicted molar refractivity (Wildman–Crippen MR) is 214 cm³/mol. The minimum Gasteiger partial charge on any atom is -0.446 e. The number of aromatic nitrogens is 3. The van der Waals surface area contributed by atoms with Crippen LogP contribution in [0.4, 0.5) is 30.9 Å². The molecule has 0 radical (unpaired) electrons. The van der Waals surface area contributed by atoms with Crippen LogP contribution in [-0.4, -0.2) is 106 Å². The number of carbonyl (C=O) groups is 3. The SMILES string of the molecule is O=C1CCC(Nc2ccc(N3CCC(N4CCN(C(=O)OC5CCC(Nc6ncc(F)c(-c7cccc(-n8ccccc8=O)c7)n6)CC5)CC4)CC3)c(F)c2)C(=O)N1. The lowest BCUT2D eigenvalue weighted by Gasteiger charge is -2.43. The molecule has 14 nitrogen and oxygen atoms in total. The first kappa shape index (κ1) is 38.9. The number of rotatable bonds is 9. The number of nitrogens with one attached hydrogen (secondary N) is 3. The van der Waals surface area contributed by atoms with E-state index in [0.29, 0.717) is 80.1 Å². The van der Waals surface area contributed by atoms with Crippen molar-refractivity contribution in [1.82, 2.24) is 29.7 Å². The van der Waals surface area contributed by atoms with Crippen LogP contribution in [0.2, 0.25) is 0 Å². The van der Waals surface area contributed by atoms with Gasteiger partial charge in [0.15, 0.2) is 5.82 Å². The number of ether oxygens (including phenoxy) is 1. The number of piperidine rings is 2. The molecule has 5 heterocycles. The van der Waals surface area contributed by atoms with Gasteiger partial charge in [0.2, 0.25) is 17.8 Å². The Balaban J connectivity index is 0.760.